The van der Waals surface area contributed by atoms with E-state index >= 15 is 0 Å². The quantitative estimate of drug-likeness (QED) is 0.157. The van der Waals surface area contributed by atoms with Gasteiger partial charge >= 0.3 is 0 Å². The monoisotopic (exact) mass is 784 g/mol. The first kappa shape index (κ1) is 34.2. The van der Waals surface area contributed by atoms with Gasteiger partial charge in [0, 0.05) is 54.9 Å². The van der Waals surface area contributed by atoms with Crippen LogP contribution in [0.2, 0.25) is 0 Å². The van der Waals surface area contributed by atoms with Crippen molar-refractivity contribution in [3.63, 3.8) is 0 Å². The zero-order valence-corrected chi connectivity index (χ0v) is 32.9. The third-order valence-electron chi connectivity index (χ3n) is 11.5. The van der Waals surface area contributed by atoms with Gasteiger partial charge in [0.1, 0.15) is 11.0 Å². The second kappa shape index (κ2) is 13.9. The second-order valence-corrected chi connectivity index (χ2v) is 15.5. The van der Waals surface area contributed by atoms with E-state index in [1.54, 1.807) is 0 Å². The van der Waals surface area contributed by atoms with Crippen LogP contribution in [-0.4, -0.2) is 28.3 Å². The topological polar surface area (TPSA) is 69.4 Å². The molecule has 0 saturated carbocycles. The Bertz CT molecular complexity index is 3540. The average Bonchev–Trinajstić information content (AvgIpc) is 3.95. The molecule has 0 saturated heterocycles. The first-order valence-electron chi connectivity index (χ1n) is 19.9. The molecular formula is C53H32N6S. The van der Waals surface area contributed by atoms with E-state index in [0.717, 1.165) is 88.9 Å². The molecule has 0 atom stereocenters. The lowest BCUT2D eigenvalue weighted by Gasteiger charge is -2.13. The fourth-order valence-electron chi connectivity index (χ4n) is 8.62. The summed E-state index contributed by atoms with van der Waals surface area (Å²) in [5.74, 6) is 0.687. The summed E-state index contributed by atoms with van der Waals surface area (Å²) < 4.78 is 11.5. The van der Waals surface area contributed by atoms with E-state index in [1.807, 2.05) is 30.3 Å². The molecule has 60 heavy (non-hydrogen) atoms. The van der Waals surface area contributed by atoms with Gasteiger partial charge in [-0.1, -0.05) is 146 Å². The van der Waals surface area contributed by atoms with E-state index in [-0.39, 0.29) is 0 Å². The van der Waals surface area contributed by atoms with E-state index in [2.05, 4.69) is 177 Å². The van der Waals surface area contributed by atoms with Gasteiger partial charge in [0.25, 0.3) is 0 Å². The lowest BCUT2D eigenvalue weighted by Crippen LogP contribution is -1.97. The smallest absolute Gasteiger partial charge is 0.160 e. The van der Waals surface area contributed by atoms with Crippen LogP contribution in [0, 0.1) is 0 Å². The first-order chi connectivity index (χ1) is 29.7. The number of fused-ring (bicyclic) bond motifs is 8. The van der Waals surface area contributed by atoms with Crippen molar-refractivity contribution in [3.8, 4) is 62.0 Å². The number of rotatable bonds is 6. The van der Waals surface area contributed by atoms with Gasteiger partial charge in [-0.25, -0.2) is 15.0 Å². The minimum absolute atomic E-state index is 0.687. The molecule has 6 nitrogen and oxygen atoms in total. The Hall–Kier alpha value is -7.87. The molecule has 0 aliphatic carbocycles. The highest BCUT2D eigenvalue weighted by Crippen LogP contribution is 2.38. The number of benzene rings is 8. The minimum atomic E-state index is 0.687. The van der Waals surface area contributed by atoms with E-state index in [0.29, 0.717) is 5.82 Å². The van der Waals surface area contributed by atoms with E-state index in [1.165, 1.54) is 33.5 Å². The number of pyridine rings is 1. The highest BCUT2D eigenvalue weighted by molar-refractivity contribution is 7.00. The average molecular weight is 785 g/mol. The number of para-hydroxylation sites is 3. The van der Waals surface area contributed by atoms with Crippen LogP contribution in [0.5, 0.6) is 0 Å². The maximum atomic E-state index is 5.16. The minimum Gasteiger partial charge on any atom is -0.309 e. The van der Waals surface area contributed by atoms with Gasteiger partial charge in [0.15, 0.2) is 5.82 Å². The van der Waals surface area contributed by atoms with Crippen molar-refractivity contribution in [2.45, 2.75) is 0 Å². The maximum absolute atomic E-state index is 5.16. The maximum Gasteiger partial charge on any atom is 0.160 e. The SMILES string of the molecule is c1ccc(-c2nc(-c3ccc(-c4ccc(-c5nc6ccccc6c6c5ccc5nsnc56)cc4)cc3)cc(-c3cccc(-n4c5ccccc5c5ccccc54)c3)n2)cc1. The van der Waals surface area contributed by atoms with Gasteiger partial charge in [-0.2, -0.15) is 8.75 Å². The molecule has 0 aliphatic heterocycles. The number of hydrogen-bond donors (Lipinski definition) is 0. The first-order valence-corrected chi connectivity index (χ1v) is 20.6. The molecule has 0 fully saturated rings. The van der Waals surface area contributed by atoms with Gasteiger partial charge < -0.3 is 4.57 Å². The highest BCUT2D eigenvalue weighted by Gasteiger charge is 2.17. The molecule has 0 N–H and O–H groups in total. The second-order valence-electron chi connectivity index (χ2n) is 15.0. The van der Waals surface area contributed by atoms with E-state index in [4.69, 9.17) is 15.0 Å². The predicted molar refractivity (Wildman–Crippen MR) is 247 cm³/mol. The van der Waals surface area contributed by atoms with Crippen molar-refractivity contribution in [1.82, 2.24) is 28.3 Å². The van der Waals surface area contributed by atoms with Crippen LogP contribution < -0.4 is 0 Å². The fraction of sp³-hybridized carbons (Fsp3) is 0. The standard InChI is InChI=1S/C53H32N6S/c1-2-11-37(12-3-1)53-55-46(32-47(56-53)38-13-10-14-39(31-38)59-48-19-8-5-15-40(48)41-16-6-9-20-49(41)59)35-25-21-33(22-26-35)34-23-27-36(28-24-34)51-43-29-30-45-52(58-60-57-45)50(43)42-17-4-7-18-44(42)54-51/h1-32H. The molecule has 0 unspecified atom stereocenters. The zero-order valence-electron chi connectivity index (χ0n) is 32.1. The van der Waals surface area contributed by atoms with Crippen molar-refractivity contribution in [2.24, 2.45) is 0 Å². The third-order valence-corrected chi connectivity index (χ3v) is 12.0. The molecule has 0 bridgehead atoms. The molecule has 4 heterocycles. The molecule has 0 amide bonds. The van der Waals surface area contributed by atoms with Crippen LogP contribution in [-0.2, 0) is 0 Å². The van der Waals surface area contributed by atoms with Crippen LogP contribution in [0.3, 0.4) is 0 Å². The summed E-state index contributed by atoms with van der Waals surface area (Å²) in [5.41, 5.74) is 15.2. The van der Waals surface area contributed by atoms with Crippen molar-refractivity contribution >= 4 is 66.2 Å². The molecule has 0 spiro atoms. The summed E-state index contributed by atoms with van der Waals surface area (Å²) in [6.07, 6.45) is 0. The molecule has 8 aromatic carbocycles. The molecule has 4 aromatic heterocycles. The molecule has 280 valence electrons. The number of nitrogens with zero attached hydrogens (tertiary/aromatic N) is 6. The number of aromatic nitrogens is 6. The van der Waals surface area contributed by atoms with Crippen LogP contribution in [0.1, 0.15) is 0 Å². The summed E-state index contributed by atoms with van der Waals surface area (Å²) in [6.45, 7) is 0. The largest absolute Gasteiger partial charge is 0.309 e. The Morgan fingerprint density at radius 3 is 1.70 bits per heavy atom. The summed E-state index contributed by atoms with van der Waals surface area (Å²) in [7, 11) is 0. The lowest BCUT2D eigenvalue weighted by molar-refractivity contribution is 1.16. The van der Waals surface area contributed by atoms with Gasteiger partial charge in [0.2, 0.25) is 0 Å². The van der Waals surface area contributed by atoms with Gasteiger partial charge in [-0.15, -0.1) is 0 Å². The Kier molecular flexibility index (Phi) is 7.92. The Labute approximate surface area is 349 Å². The molecule has 12 aromatic rings. The Morgan fingerprint density at radius 2 is 0.967 bits per heavy atom. The van der Waals surface area contributed by atoms with Gasteiger partial charge in [-0.05, 0) is 59.7 Å². The molecule has 7 heteroatoms. The lowest BCUT2D eigenvalue weighted by atomic mass is 9.97. The number of hydrogen-bond acceptors (Lipinski definition) is 6. The highest BCUT2D eigenvalue weighted by atomic mass is 32.1. The van der Waals surface area contributed by atoms with Crippen molar-refractivity contribution < 1.29 is 0 Å². The Morgan fingerprint density at radius 1 is 0.367 bits per heavy atom. The van der Waals surface area contributed by atoms with Crippen LogP contribution in [0.25, 0.3) is 116 Å². The summed E-state index contributed by atoms with van der Waals surface area (Å²) in [5, 5.41) is 5.73. The Balaban J connectivity index is 0.912. The van der Waals surface area contributed by atoms with Crippen molar-refractivity contribution in [2.75, 3.05) is 0 Å². The summed E-state index contributed by atoms with van der Waals surface area (Å²) in [6, 6.07) is 68.0. The molecule has 0 radical (unpaired) electrons. The van der Waals surface area contributed by atoms with Crippen LogP contribution >= 0.6 is 11.7 Å². The summed E-state index contributed by atoms with van der Waals surface area (Å²) in [4.78, 5) is 15.4. The van der Waals surface area contributed by atoms with Crippen LogP contribution in [0.15, 0.2) is 194 Å². The predicted octanol–water partition coefficient (Wildman–Crippen LogP) is 13.6. The van der Waals surface area contributed by atoms with Gasteiger partial charge in [0.05, 0.1) is 45.4 Å². The normalized spacial score (nSPS) is 11.7. The summed E-state index contributed by atoms with van der Waals surface area (Å²) >= 11 is 1.25. The van der Waals surface area contributed by atoms with E-state index in [9.17, 15) is 0 Å². The fourth-order valence-corrected chi connectivity index (χ4v) is 9.17. The third kappa shape index (κ3) is 5.67. The van der Waals surface area contributed by atoms with Crippen molar-refractivity contribution in [1.29, 1.82) is 0 Å². The molecule has 12 rings (SSSR count). The van der Waals surface area contributed by atoms with Gasteiger partial charge in [-0.3, -0.25) is 0 Å². The van der Waals surface area contributed by atoms with E-state index < -0.39 is 0 Å². The van der Waals surface area contributed by atoms with Crippen LogP contribution in [0.4, 0.5) is 0 Å². The molecule has 0 aliphatic rings. The van der Waals surface area contributed by atoms with Crippen molar-refractivity contribution in [3.05, 3.63) is 194 Å². The molecular weight excluding hydrogens is 753 g/mol. The zero-order chi connectivity index (χ0) is 39.6.